The number of carboxylic acid groups (broad SMARTS) is 4. The van der Waals surface area contributed by atoms with Crippen molar-refractivity contribution in [3.63, 3.8) is 0 Å². The molecule has 3 rings (SSSR count). The van der Waals surface area contributed by atoms with Crippen LogP contribution < -0.4 is 0 Å². The molecule has 0 aliphatic heterocycles. The molecule has 0 amide bonds. The van der Waals surface area contributed by atoms with Crippen molar-refractivity contribution in [2.24, 2.45) is 11.3 Å². The Morgan fingerprint density at radius 1 is 0.614 bits per heavy atom. The number of carboxylic acids is 4. The maximum atomic E-state index is 10.4. The topological polar surface area (TPSA) is 364 Å². The number of aliphatic carboxylic acids is 4. The predicted molar refractivity (Wildman–Crippen MR) is 163 cm³/mol. The van der Waals surface area contributed by atoms with Gasteiger partial charge in [0.2, 0.25) is 0 Å². The van der Waals surface area contributed by atoms with Crippen molar-refractivity contribution in [2.45, 2.75) is 89.1 Å². The first-order valence-corrected chi connectivity index (χ1v) is 22.4. The summed E-state index contributed by atoms with van der Waals surface area (Å²) in [6.45, 7) is 3.89. The van der Waals surface area contributed by atoms with Crippen LogP contribution in [0.4, 0.5) is 0 Å². The monoisotopic (exact) mass is 1440 g/mol. The predicted octanol–water partition coefficient (Wildman–Crippen LogP) is 10.6. The van der Waals surface area contributed by atoms with Crippen LogP contribution in [0.3, 0.4) is 0 Å². The maximum absolute atomic E-state index is 10.4. The summed E-state index contributed by atoms with van der Waals surface area (Å²) in [6, 6.07) is 0.428. The van der Waals surface area contributed by atoms with Crippen LogP contribution in [-0.4, -0.2) is 56.4 Å². The summed E-state index contributed by atoms with van der Waals surface area (Å²) in [4.78, 5) is 38.9. The fourth-order valence-electron chi connectivity index (χ4n) is 3.36. The molecule has 3 fully saturated rings. The summed E-state index contributed by atoms with van der Waals surface area (Å²) in [6.07, 6.45) is 12.3. The molecule has 0 aromatic heterocycles. The van der Waals surface area contributed by atoms with E-state index in [1.165, 1.54) is 38.5 Å². The Bertz CT molecular complexity index is 627. The van der Waals surface area contributed by atoms with Gasteiger partial charge in [-0.05, 0) is 19.3 Å². The standard InChI is InChI=1S/C7H13N.C6H12N.C6H8O4.C2H2O4.4ClH.5H2N.4Pt/c1-6-4-2-3-5-7(6)8;7-6-4-2-1-3-5-6;7-4(8)6(5(9)10)2-1-3-6;3-1(4)2(5)6;;;;;;;;;;;;;/h6-8H,1-5H2;6-7H,1-5H2;1-3H2,(H,7,8)(H,9,10);(H,3,4)(H,5,6);4*1H;5*1H2;;;;/q-2;-1;;;;;;;5*-1;2*+2;2*+4/p-4. The average molecular weight is 1450 g/mol. The van der Waals surface area contributed by atoms with Gasteiger partial charge in [0.15, 0.2) is 5.41 Å². The molecule has 2 unspecified atom stereocenters. The van der Waals surface area contributed by atoms with Crippen LogP contribution in [0.2, 0.25) is 0 Å². The normalized spacial score (nSPS) is 18.1. The Kier molecular flexibility index (Phi) is 75.8. The number of hydrogen-bond acceptors (Lipinski definition) is 4. The Hall–Kier alpha value is 1.51. The molecule has 16 N–H and O–H groups in total. The first-order chi connectivity index (χ1) is 17.3. The van der Waals surface area contributed by atoms with Gasteiger partial charge >= 0.3 is 137 Å². The second-order valence-electron chi connectivity index (χ2n) is 8.23. The average Bonchev–Trinajstić information content (AvgIpc) is 2.77. The van der Waals surface area contributed by atoms with Gasteiger partial charge in [-0.3, -0.25) is 9.59 Å². The van der Waals surface area contributed by atoms with Crippen LogP contribution in [0.15, 0.2) is 0 Å². The third-order valence-electron chi connectivity index (χ3n) is 5.72. The van der Waals surface area contributed by atoms with Gasteiger partial charge in [-0.25, -0.2) is 9.59 Å². The third kappa shape index (κ3) is 39.7. The first kappa shape index (κ1) is 71.5. The molecule has 0 aromatic rings. The minimum atomic E-state index is -1.82. The summed E-state index contributed by atoms with van der Waals surface area (Å²) in [5.41, 5.74) is 13.2. The minimum Gasteiger partial charge on any atom is -0.693 e. The van der Waals surface area contributed by atoms with Gasteiger partial charge in [-0.15, -0.1) is 6.04 Å². The maximum Gasteiger partial charge on any atom is 2.00 e. The fourth-order valence-corrected chi connectivity index (χ4v) is 3.36. The van der Waals surface area contributed by atoms with Crippen LogP contribution in [0.1, 0.15) is 77.0 Å². The molecule has 3 saturated carbocycles. The number of nitrogens with one attached hydrogen (secondary N) is 2. The Morgan fingerprint density at radius 2 is 0.909 bits per heavy atom. The second-order valence-corrected chi connectivity index (χ2v) is 14.8. The molecule has 44 heavy (non-hydrogen) atoms. The Labute approximate surface area is 322 Å². The molecule has 15 nitrogen and oxygen atoms in total. The zero-order valence-corrected chi connectivity index (χ0v) is 35.6. The zero-order chi connectivity index (χ0) is 29.4. The number of carbonyl (C=O) groups is 4. The molecule has 3 aliphatic carbocycles. The molecule has 23 heteroatoms. The third-order valence-corrected chi connectivity index (χ3v) is 5.72. The van der Waals surface area contributed by atoms with Crippen molar-refractivity contribution in [2.75, 3.05) is 0 Å². The van der Waals surface area contributed by atoms with E-state index in [1.54, 1.807) is 0 Å². The van der Waals surface area contributed by atoms with E-state index in [0.29, 0.717) is 12.3 Å². The van der Waals surface area contributed by atoms with Crippen LogP contribution in [0.25, 0.3) is 42.2 Å². The second kappa shape index (κ2) is 46.6. The van der Waals surface area contributed by atoms with Gasteiger partial charge in [0.25, 0.3) is 0 Å². The molecule has 0 bridgehead atoms. The van der Waals surface area contributed by atoms with Gasteiger partial charge in [0, 0.05) is 0 Å². The van der Waals surface area contributed by atoms with E-state index >= 15 is 0 Å². The summed E-state index contributed by atoms with van der Waals surface area (Å²) in [5.74, 6) is -5.63. The van der Waals surface area contributed by atoms with Gasteiger partial charge in [0.1, 0.15) is 0 Å². The minimum absolute atomic E-state index is 0. The van der Waals surface area contributed by atoms with Crippen LogP contribution in [0, 0.1) is 18.3 Å². The van der Waals surface area contributed by atoms with Crippen LogP contribution in [-0.2, 0) is 94.3 Å². The Balaban J connectivity index is -0.0000000397. The molecular weight excluding hydrogens is 1400 g/mol. The van der Waals surface area contributed by atoms with E-state index in [1.807, 2.05) is 0 Å². The van der Waals surface area contributed by atoms with Gasteiger partial charge in [-0.2, -0.15) is 12.0 Å². The van der Waals surface area contributed by atoms with E-state index in [-0.39, 0.29) is 97.8 Å². The van der Waals surface area contributed by atoms with Crippen LogP contribution >= 0.6 is 37.7 Å². The van der Waals surface area contributed by atoms with Crippen molar-refractivity contribution in [1.29, 1.82) is 0 Å². The van der Waals surface area contributed by atoms with Crippen molar-refractivity contribution in [3.8, 4) is 0 Å². The molecule has 0 spiro atoms. The first-order valence-electron chi connectivity index (χ1n) is 11.1. The van der Waals surface area contributed by atoms with E-state index in [9.17, 15) is 9.59 Å². The number of hydrogen-bond donors (Lipinski definition) is 4. The fraction of sp³-hybridized carbons (Fsp3) is 0.762. The van der Waals surface area contributed by atoms with Crippen molar-refractivity contribution in [3.05, 3.63) is 49.1 Å². The number of halogens is 4. The molecule has 0 radical (unpaired) electrons. The molecule has 0 aromatic carbocycles. The van der Waals surface area contributed by atoms with Gasteiger partial charge < -0.3 is 69.6 Å². The summed E-state index contributed by atoms with van der Waals surface area (Å²) in [7, 11) is 19.5. The Morgan fingerprint density at radius 3 is 1.02 bits per heavy atom. The zero-order valence-electron chi connectivity index (χ0n) is 23.5. The smallest absolute Gasteiger partial charge is 0.693 e. The molecule has 280 valence electrons. The molecule has 0 heterocycles. The summed E-state index contributed by atoms with van der Waals surface area (Å²) in [5, 5.41) is 31.7. The molecule has 3 aliphatic rings. The van der Waals surface area contributed by atoms with Gasteiger partial charge in [-0.1, -0.05) is 57.8 Å². The molecule has 0 saturated heterocycles. The SMILES string of the molecule is O=C(O)C(=O)O.O=C(O)C1(C(=O)O)CCC1.[CH2-]C1CCCCC1[NH-].[Cl][Pt+2][Cl].[Cl][Pt+2][Cl].[NH-]C1CCCCC1.[NH2-].[NH2-].[NH2-].[NH2-].[NH2-].[Pt+2].[Pt+2]. The van der Waals surface area contributed by atoms with Crippen molar-refractivity contribution < 1.29 is 115 Å². The van der Waals surface area contributed by atoms with Crippen LogP contribution in [0.5, 0.6) is 0 Å². The van der Waals surface area contributed by atoms with E-state index < -0.39 is 62.3 Å². The molecular formula is C21H45Cl4N7O8Pt4. The largest absolute Gasteiger partial charge is 2.00 e. The molecule has 2 atom stereocenters. The van der Waals surface area contributed by atoms with Gasteiger partial charge in [0.05, 0.1) is 0 Å². The quantitative estimate of drug-likeness (QED) is 0.117. The summed E-state index contributed by atoms with van der Waals surface area (Å²) < 4.78 is 0. The van der Waals surface area contributed by atoms with E-state index in [0.717, 1.165) is 19.3 Å². The number of nitrogens with two attached hydrogens (primary N) is 5. The number of rotatable bonds is 2. The summed E-state index contributed by atoms with van der Waals surface area (Å²) >= 11 is -0.944. The van der Waals surface area contributed by atoms with Crippen molar-refractivity contribution in [1.82, 2.24) is 0 Å². The van der Waals surface area contributed by atoms with E-state index in [2.05, 4.69) is 6.92 Å². The van der Waals surface area contributed by atoms with Crippen molar-refractivity contribution >= 4 is 61.5 Å². The van der Waals surface area contributed by atoms with E-state index in [4.69, 9.17) is 79.2 Å².